The summed E-state index contributed by atoms with van der Waals surface area (Å²) in [6.07, 6.45) is 0. The summed E-state index contributed by atoms with van der Waals surface area (Å²) >= 11 is 1.15. The number of esters is 1. The minimum absolute atomic E-state index is 0.211. The number of aryl methyl sites for hydroxylation is 3. The van der Waals surface area contributed by atoms with Crippen LogP contribution in [0.3, 0.4) is 0 Å². The Kier molecular flexibility index (Phi) is 6.35. The van der Waals surface area contributed by atoms with E-state index in [9.17, 15) is 14.4 Å². The molecule has 0 aliphatic heterocycles. The zero-order valence-corrected chi connectivity index (χ0v) is 15.6. The molecule has 2 amide bonds. The number of hydrogen-bond acceptors (Lipinski definition) is 6. The molecule has 2 aromatic rings. The zero-order valence-electron chi connectivity index (χ0n) is 14.8. The van der Waals surface area contributed by atoms with E-state index in [4.69, 9.17) is 15.2 Å². The van der Waals surface area contributed by atoms with Crippen molar-refractivity contribution in [2.75, 3.05) is 18.5 Å². The lowest BCUT2D eigenvalue weighted by Gasteiger charge is -2.12. The number of ether oxygens (including phenoxy) is 2. The molecule has 0 atom stereocenters. The first-order valence-electron chi connectivity index (χ1n) is 7.81. The van der Waals surface area contributed by atoms with Gasteiger partial charge < -0.3 is 20.5 Å². The van der Waals surface area contributed by atoms with Crippen molar-refractivity contribution in [3.63, 3.8) is 0 Å². The predicted octanol–water partition coefficient (Wildman–Crippen LogP) is 2.33. The van der Waals surface area contributed by atoms with Crippen molar-refractivity contribution in [2.24, 2.45) is 5.73 Å². The average molecular weight is 376 g/mol. The number of nitrogens with one attached hydrogen (secondary N) is 1. The summed E-state index contributed by atoms with van der Waals surface area (Å²) in [6.45, 7) is 4.98. The first-order valence-corrected chi connectivity index (χ1v) is 8.69. The summed E-state index contributed by atoms with van der Waals surface area (Å²) in [4.78, 5) is 34.8. The van der Waals surface area contributed by atoms with Crippen LogP contribution in [0.2, 0.25) is 0 Å². The molecule has 8 heteroatoms. The molecule has 0 aliphatic rings. The topological polar surface area (TPSA) is 108 Å². The van der Waals surface area contributed by atoms with Crippen LogP contribution in [-0.2, 0) is 14.3 Å². The summed E-state index contributed by atoms with van der Waals surface area (Å²) in [5.74, 6) is -1.25. The highest BCUT2D eigenvalue weighted by atomic mass is 32.1. The van der Waals surface area contributed by atoms with Crippen LogP contribution in [0, 0.1) is 20.8 Å². The molecule has 3 N–H and O–H groups in total. The Labute approximate surface area is 155 Å². The number of thiophene rings is 1. The third-order valence-electron chi connectivity index (χ3n) is 3.49. The van der Waals surface area contributed by atoms with Crippen molar-refractivity contribution in [1.82, 2.24) is 0 Å². The van der Waals surface area contributed by atoms with Crippen LogP contribution in [0.1, 0.15) is 27.0 Å². The summed E-state index contributed by atoms with van der Waals surface area (Å²) in [6, 6.07) is 5.42. The minimum atomic E-state index is -0.666. The van der Waals surface area contributed by atoms with Gasteiger partial charge in [-0.05, 0) is 43.3 Å². The lowest BCUT2D eigenvalue weighted by Crippen LogP contribution is -2.24. The lowest BCUT2D eigenvalue weighted by molar-refractivity contribution is -0.149. The molecule has 0 saturated carbocycles. The van der Waals surface area contributed by atoms with Gasteiger partial charge in [-0.2, -0.15) is 0 Å². The van der Waals surface area contributed by atoms with Crippen LogP contribution >= 0.6 is 11.3 Å². The molecular weight excluding hydrogens is 356 g/mol. The van der Waals surface area contributed by atoms with Crippen molar-refractivity contribution >= 4 is 34.1 Å². The van der Waals surface area contributed by atoms with Gasteiger partial charge in [0.25, 0.3) is 11.8 Å². The van der Waals surface area contributed by atoms with Crippen molar-refractivity contribution < 1.29 is 23.9 Å². The Hall–Kier alpha value is -2.87. The molecule has 0 aliphatic carbocycles. The maximum Gasteiger partial charge on any atom is 0.344 e. The second-order valence-electron chi connectivity index (χ2n) is 5.75. The Morgan fingerprint density at radius 1 is 1.12 bits per heavy atom. The molecule has 138 valence electrons. The second kappa shape index (κ2) is 8.48. The smallest absolute Gasteiger partial charge is 0.344 e. The van der Waals surface area contributed by atoms with Crippen molar-refractivity contribution in [3.8, 4) is 5.75 Å². The molecule has 1 aromatic carbocycles. The number of anilines is 1. The fourth-order valence-corrected chi connectivity index (χ4v) is 3.28. The molecular formula is C18H20N2O5S. The van der Waals surface area contributed by atoms with Crippen LogP contribution in [0.15, 0.2) is 23.6 Å². The van der Waals surface area contributed by atoms with Crippen LogP contribution in [-0.4, -0.2) is 31.0 Å². The maximum absolute atomic E-state index is 11.8. The van der Waals surface area contributed by atoms with Crippen LogP contribution < -0.4 is 15.8 Å². The summed E-state index contributed by atoms with van der Waals surface area (Å²) < 4.78 is 10.4. The van der Waals surface area contributed by atoms with Gasteiger partial charge in [0, 0.05) is 0 Å². The lowest BCUT2D eigenvalue weighted by atomic mass is 10.1. The van der Waals surface area contributed by atoms with Crippen LogP contribution in [0.25, 0.3) is 0 Å². The number of rotatable bonds is 7. The molecule has 0 saturated heterocycles. The van der Waals surface area contributed by atoms with E-state index in [1.165, 1.54) is 6.07 Å². The highest BCUT2D eigenvalue weighted by molar-refractivity contribution is 7.14. The molecule has 7 nitrogen and oxygen atoms in total. The second-order valence-corrected chi connectivity index (χ2v) is 6.67. The number of carbonyl (C=O) groups excluding carboxylic acids is 3. The van der Waals surface area contributed by atoms with Gasteiger partial charge in [0.15, 0.2) is 13.2 Å². The van der Waals surface area contributed by atoms with E-state index in [-0.39, 0.29) is 12.2 Å². The van der Waals surface area contributed by atoms with Gasteiger partial charge in [-0.3, -0.25) is 9.59 Å². The van der Waals surface area contributed by atoms with E-state index in [2.05, 4.69) is 5.32 Å². The van der Waals surface area contributed by atoms with E-state index in [1.807, 2.05) is 32.9 Å². The Bertz CT molecular complexity index is 821. The average Bonchev–Trinajstić information content (AvgIpc) is 3.00. The molecule has 1 heterocycles. The van der Waals surface area contributed by atoms with E-state index in [0.29, 0.717) is 10.8 Å². The minimum Gasteiger partial charge on any atom is -0.481 e. The summed E-state index contributed by atoms with van der Waals surface area (Å²) in [5, 5.41) is 4.43. The molecule has 26 heavy (non-hydrogen) atoms. The Balaban J connectivity index is 1.82. The molecule has 0 bridgehead atoms. The summed E-state index contributed by atoms with van der Waals surface area (Å²) in [5.41, 5.74) is 8.36. The number of hydrogen-bond donors (Lipinski definition) is 2. The fraction of sp³-hybridized carbons (Fsp3) is 0.278. The monoisotopic (exact) mass is 376 g/mol. The predicted molar refractivity (Wildman–Crippen MR) is 98.6 cm³/mol. The SMILES string of the molecule is Cc1cc(C)c(OCC(=O)OCC(=O)Nc2sccc2C(N)=O)c(C)c1. The molecule has 2 rings (SSSR count). The van der Waals surface area contributed by atoms with E-state index in [1.54, 1.807) is 5.38 Å². The number of carbonyl (C=O) groups is 3. The summed E-state index contributed by atoms with van der Waals surface area (Å²) in [7, 11) is 0. The van der Waals surface area contributed by atoms with E-state index in [0.717, 1.165) is 28.0 Å². The first kappa shape index (κ1) is 19.5. The van der Waals surface area contributed by atoms with Gasteiger partial charge in [-0.1, -0.05) is 17.7 Å². The Morgan fingerprint density at radius 3 is 2.38 bits per heavy atom. The Morgan fingerprint density at radius 2 is 1.77 bits per heavy atom. The largest absolute Gasteiger partial charge is 0.481 e. The third-order valence-corrected chi connectivity index (χ3v) is 4.32. The van der Waals surface area contributed by atoms with Gasteiger partial charge >= 0.3 is 5.97 Å². The number of nitrogens with two attached hydrogens (primary N) is 1. The third kappa shape index (κ3) is 5.06. The fourth-order valence-electron chi connectivity index (χ4n) is 2.48. The van der Waals surface area contributed by atoms with Crippen molar-refractivity contribution in [3.05, 3.63) is 45.8 Å². The highest BCUT2D eigenvalue weighted by Crippen LogP contribution is 2.24. The molecule has 0 unspecified atom stereocenters. The molecule has 0 radical (unpaired) electrons. The number of benzene rings is 1. The quantitative estimate of drug-likeness (QED) is 0.721. The zero-order chi connectivity index (χ0) is 19.3. The van der Waals surface area contributed by atoms with E-state index < -0.39 is 24.4 Å². The highest BCUT2D eigenvalue weighted by Gasteiger charge is 2.15. The van der Waals surface area contributed by atoms with E-state index >= 15 is 0 Å². The van der Waals surface area contributed by atoms with Crippen LogP contribution in [0.4, 0.5) is 5.00 Å². The normalized spacial score (nSPS) is 10.3. The van der Waals surface area contributed by atoms with Gasteiger partial charge in [0.05, 0.1) is 5.56 Å². The maximum atomic E-state index is 11.8. The van der Waals surface area contributed by atoms with Crippen LogP contribution in [0.5, 0.6) is 5.75 Å². The first-order chi connectivity index (χ1) is 12.3. The van der Waals surface area contributed by atoms with Gasteiger partial charge in [0.2, 0.25) is 0 Å². The van der Waals surface area contributed by atoms with Gasteiger partial charge in [-0.25, -0.2) is 4.79 Å². The van der Waals surface area contributed by atoms with Crippen molar-refractivity contribution in [1.29, 1.82) is 0 Å². The standard InChI is InChI=1S/C18H20N2O5S/c1-10-6-11(2)16(12(3)7-10)25-9-15(22)24-8-14(21)20-18-13(17(19)23)4-5-26-18/h4-7H,8-9H2,1-3H3,(H2,19,23)(H,20,21). The molecule has 1 aromatic heterocycles. The van der Waals surface area contributed by atoms with Gasteiger partial charge in [-0.15, -0.1) is 11.3 Å². The number of primary amides is 1. The molecule has 0 fully saturated rings. The van der Waals surface area contributed by atoms with Gasteiger partial charge in [0.1, 0.15) is 10.8 Å². The van der Waals surface area contributed by atoms with Crippen molar-refractivity contribution in [2.45, 2.75) is 20.8 Å². The number of amides is 2. The molecule has 0 spiro atoms.